The van der Waals surface area contributed by atoms with E-state index in [0.29, 0.717) is 0 Å². The van der Waals surface area contributed by atoms with Gasteiger partial charge >= 0.3 is 0 Å². The van der Waals surface area contributed by atoms with Crippen molar-refractivity contribution >= 4 is 28.4 Å². The van der Waals surface area contributed by atoms with Crippen LogP contribution in [0.2, 0.25) is 0 Å². The molecule has 1 N–H and O–H groups in total. The number of hydrogen-bond acceptors (Lipinski definition) is 5. The second kappa shape index (κ2) is 7.00. The third kappa shape index (κ3) is 3.79. The van der Waals surface area contributed by atoms with Gasteiger partial charge in [-0.3, -0.25) is 4.90 Å². The molecule has 0 bridgehead atoms. The molecule has 0 saturated carbocycles. The van der Waals surface area contributed by atoms with Crippen LogP contribution in [0.5, 0.6) is 0 Å². The summed E-state index contributed by atoms with van der Waals surface area (Å²) in [5.74, 6) is 1.91. The molecule has 2 aliphatic rings. The second-order valence-corrected chi connectivity index (χ2v) is 6.80. The van der Waals surface area contributed by atoms with E-state index in [1.54, 1.807) is 0 Å². The van der Waals surface area contributed by atoms with Gasteiger partial charge < -0.3 is 10.2 Å². The smallest absolute Gasteiger partial charge is 0.151 e. The van der Waals surface area contributed by atoms with E-state index in [1.165, 1.54) is 32.5 Å². The van der Waals surface area contributed by atoms with Gasteiger partial charge in [-0.15, -0.1) is 10.2 Å². The van der Waals surface area contributed by atoms with Crippen molar-refractivity contribution in [2.75, 3.05) is 50.7 Å². The van der Waals surface area contributed by atoms with E-state index in [1.807, 2.05) is 6.07 Å². The molecule has 110 valence electrons. The van der Waals surface area contributed by atoms with Gasteiger partial charge in [-0.25, -0.2) is 0 Å². The van der Waals surface area contributed by atoms with Crippen molar-refractivity contribution in [1.82, 2.24) is 20.4 Å². The number of piperazine rings is 1. The van der Waals surface area contributed by atoms with E-state index in [9.17, 15) is 0 Å². The molecule has 0 atom stereocenters. The molecule has 0 amide bonds. The molecule has 3 heterocycles. The highest BCUT2D eigenvalue weighted by Gasteiger charge is 2.22. The summed E-state index contributed by atoms with van der Waals surface area (Å²) in [5.41, 5.74) is 0. The zero-order chi connectivity index (χ0) is 13.8. The Hall–Kier alpha value is -0.470. The number of piperidine rings is 1. The SMILES string of the molecule is Ic1ccc(N2CCN(CC3CCNCC3)CC2)nn1. The zero-order valence-electron chi connectivity index (χ0n) is 11.8. The molecule has 2 saturated heterocycles. The molecule has 0 aliphatic carbocycles. The number of halogens is 1. The Balaban J connectivity index is 1.47. The summed E-state index contributed by atoms with van der Waals surface area (Å²) in [6, 6.07) is 4.11. The fourth-order valence-electron chi connectivity index (χ4n) is 3.07. The molecule has 1 aromatic rings. The van der Waals surface area contributed by atoms with Crippen LogP contribution in [0, 0.1) is 9.62 Å². The molecule has 1 aromatic heterocycles. The van der Waals surface area contributed by atoms with Crippen molar-refractivity contribution in [3.05, 3.63) is 15.8 Å². The average Bonchev–Trinajstić information content (AvgIpc) is 2.50. The lowest BCUT2D eigenvalue weighted by Crippen LogP contribution is -2.49. The fraction of sp³-hybridized carbons (Fsp3) is 0.714. The number of rotatable bonds is 3. The fourth-order valence-corrected chi connectivity index (χ4v) is 3.35. The molecule has 3 rings (SSSR count). The first-order valence-electron chi connectivity index (χ1n) is 7.48. The maximum Gasteiger partial charge on any atom is 0.151 e. The predicted molar refractivity (Wildman–Crippen MR) is 89.0 cm³/mol. The number of nitrogens with one attached hydrogen (secondary N) is 1. The van der Waals surface area contributed by atoms with E-state index in [0.717, 1.165) is 41.6 Å². The van der Waals surface area contributed by atoms with E-state index >= 15 is 0 Å². The summed E-state index contributed by atoms with van der Waals surface area (Å²) in [6.07, 6.45) is 2.67. The summed E-state index contributed by atoms with van der Waals surface area (Å²) in [4.78, 5) is 4.97. The summed E-state index contributed by atoms with van der Waals surface area (Å²) < 4.78 is 0.955. The third-order valence-electron chi connectivity index (χ3n) is 4.29. The minimum absolute atomic E-state index is 0.890. The van der Waals surface area contributed by atoms with Gasteiger partial charge in [0, 0.05) is 32.7 Å². The van der Waals surface area contributed by atoms with Gasteiger partial charge in [0.2, 0.25) is 0 Å². The Bertz CT molecular complexity index is 410. The van der Waals surface area contributed by atoms with Crippen LogP contribution in [0.25, 0.3) is 0 Å². The molecule has 6 heteroatoms. The summed E-state index contributed by atoms with van der Waals surface area (Å²) in [6.45, 7) is 8.11. The first-order chi connectivity index (χ1) is 9.81. The van der Waals surface area contributed by atoms with Crippen molar-refractivity contribution in [2.24, 2.45) is 5.92 Å². The van der Waals surface area contributed by atoms with Crippen molar-refractivity contribution in [1.29, 1.82) is 0 Å². The average molecular weight is 387 g/mol. The van der Waals surface area contributed by atoms with Crippen LogP contribution >= 0.6 is 22.6 Å². The quantitative estimate of drug-likeness (QED) is 0.790. The van der Waals surface area contributed by atoms with Crippen LogP contribution in [-0.2, 0) is 0 Å². The second-order valence-electron chi connectivity index (χ2n) is 5.70. The van der Waals surface area contributed by atoms with Crippen LogP contribution in [0.3, 0.4) is 0 Å². The molecule has 2 aliphatic heterocycles. The third-order valence-corrected chi connectivity index (χ3v) is 4.86. The Kier molecular flexibility index (Phi) is 5.06. The highest BCUT2D eigenvalue weighted by molar-refractivity contribution is 14.1. The lowest BCUT2D eigenvalue weighted by molar-refractivity contribution is 0.196. The molecule has 0 aromatic carbocycles. The zero-order valence-corrected chi connectivity index (χ0v) is 13.9. The van der Waals surface area contributed by atoms with Crippen LogP contribution in [0.1, 0.15) is 12.8 Å². The molecule has 2 fully saturated rings. The van der Waals surface area contributed by atoms with Gasteiger partial charge in [0.15, 0.2) is 5.82 Å². The minimum atomic E-state index is 0.890. The van der Waals surface area contributed by atoms with Gasteiger partial charge in [-0.2, -0.15) is 0 Å². The molecule has 0 spiro atoms. The van der Waals surface area contributed by atoms with Crippen LogP contribution in [0.4, 0.5) is 5.82 Å². The highest BCUT2D eigenvalue weighted by atomic mass is 127. The molecular formula is C14H22IN5. The number of nitrogens with zero attached hydrogens (tertiary/aromatic N) is 4. The number of hydrogen-bond donors (Lipinski definition) is 1. The highest BCUT2D eigenvalue weighted by Crippen LogP contribution is 2.17. The van der Waals surface area contributed by atoms with Gasteiger partial charge in [0.1, 0.15) is 3.70 Å². The van der Waals surface area contributed by atoms with Crippen molar-refractivity contribution < 1.29 is 0 Å². The lowest BCUT2D eigenvalue weighted by Gasteiger charge is -2.37. The van der Waals surface area contributed by atoms with E-state index in [2.05, 4.69) is 54.0 Å². The monoisotopic (exact) mass is 387 g/mol. The van der Waals surface area contributed by atoms with Crippen molar-refractivity contribution in [3.8, 4) is 0 Å². The van der Waals surface area contributed by atoms with Gasteiger partial charge in [0.05, 0.1) is 0 Å². The van der Waals surface area contributed by atoms with E-state index in [-0.39, 0.29) is 0 Å². The Morgan fingerprint density at radius 1 is 1.10 bits per heavy atom. The van der Waals surface area contributed by atoms with E-state index < -0.39 is 0 Å². The Labute approximate surface area is 134 Å². The summed E-state index contributed by atoms with van der Waals surface area (Å²) in [5, 5.41) is 11.9. The van der Waals surface area contributed by atoms with E-state index in [4.69, 9.17) is 0 Å². The van der Waals surface area contributed by atoms with Crippen LogP contribution in [0.15, 0.2) is 12.1 Å². The van der Waals surface area contributed by atoms with Crippen molar-refractivity contribution in [3.63, 3.8) is 0 Å². The largest absolute Gasteiger partial charge is 0.353 e. The first-order valence-corrected chi connectivity index (χ1v) is 8.56. The minimum Gasteiger partial charge on any atom is -0.353 e. The maximum absolute atomic E-state index is 4.28. The standard InChI is InChI=1S/C14H22IN5/c15-13-1-2-14(18-17-13)20-9-7-19(8-10-20)11-12-3-5-16-6-4-12/h1-2,12,16H,3-11H2. The molecular weight excluding hydrogens is 365 g/mol. The summed E-state index contributed by atoms with van der Waals surface area (Å²) >= 11 is 2.20. The Morgan fingerprint density at radius 3 is 2.50 bits per heavy atom. The maximum atomic E-state index is 4.28. The van der Waals surface area contributed by atoms with Gasteiger partial charge in [-0.1, -0.05) is 0 Å². The first kappa shape index (κ1) is 14.5. The van der Waals surface area contributed by atoms with Crippen molar-refractivity contribution in [2.45, 2.75) is 12.8 Å². The number of aromatic nitrogens is 2. The molecule has 20 heavy (non-hydrogen) atoms. The lowest BCUT2D eigenvalue weighted by atomic mass is 9.97. The normalized spacial score (nSPS) is 22.1. The summed E-state index contributed by atoms with van der Waals surface area (Å²) in [7, 11) is 0. The molecule has 0 radical (unpaired) electrons. The van der Waals surface area contributed by atoms with Gasteiger partial charge in [0.25, 0.3) is 0 Å². The molecule has 0 unspecified atom stereocenters. The predicted octanol–water partition coefficient (Wildman–Crippen LogP) is 1.20. The van der Waals surface area contributed by atoms with Crippen LogP contribution in [-0.4, -0.2) is 60.9 Å². The van der Waals surface area contributed by atoms with Crippen LogP contribution < -0.4 is 10.2 Å². The Morgan fingerprint density at radius 2 is 1.85 bits per heavy atom. The molecule has 5 nitrogen and oxygen atoms in total. The van der Waals surface area contributed by atoms with Gasteiger partial charge in [-0.05, 0) is 66.6 Å². The topological polar surface area (TPSA) is 44.3 Å². The number of anilines is 1.